The summed E-state index contributed by atoms with van der Waals surface area (Å²) in [6, 6.07) is 8.33. The predicted octanol–water partition coefficient (Wildman–Crippen LogP) is 2.57. The van der Waals surface area contributed by atoms with Gasteiger partial charge in [-0.2, -0.15) is 8.42 Å². The van der Waals surface area contributed by atoms with Crippen molar-refractivity contribution in [1.82, 2.24) is 14.0 Å². The van der Waals surface area contributed by atoms with Crippen LogP contribution < -0.4 is 11.2 Å². The maximum Gasteiger partial charge on any atom is 0.269 e. The van der Waals surface area contributed by atoms with Gasteiger partial charge in [-0.25, -0.2) is 22.4 Å². The molecule has 0 saturated carbocycles. The van der Waals surface area contributed by atoms with E-state index >= 15 is 0 Å². The van der Waals surface area contributed by atoms with Gasteiger partial charge in [0.15, 0.2) is 5.65 Å². The molecule has 2 aromatic heterocycles. The number of fused-ring (bicyclic) bond motifs is 1. The van der Waals surface area contributed by atoms with Gasteiger partial charge in [-0.3, -0.25) is 4.18 Å². The summed E-state index contributed by atoms with van der Waals surface area (Å²) in [4.78, 5) is 4.48. The number of hydrogen-bond donors (Lipinski definition) is 2. The molecule has 0 bridgehead atoms. The number of pyridine rings is 1. The molecule has 0 spiro atoms. The zero-order valence-corrected chi connectivity index (χ0v) is 21.0. The minimum Gasteiger partial charge on any atom is -0.396 e. The summed E-state index contributed by atoms with van der Waals surface area (Å²) in [5.41, 5.74) is 11.5. The average molecular weight is 508 g/mol. The highest BCUT2D eigenvalue weighted by atomic mass is 32.2. The topological polar surface area (TPSA) is 137 Å². The lowest BCUT2D eigenvalue weighted by Crippen LogP contribution is -2.43. The highest BCUT2D eigenvalue weighted by molar-refractivity contribution is 7.90. The van der Waals surface area contributed by atoms with E-state index in [-0.39, 0.29) is 22.6 Å². The number of anilines is 2. The lowest BCUT2D eigenvalue weighted by Gasteiger charge is -2.39. The third-order valence-corrected chi connectivity index (χ3v) is 8.38. The zero-order valence-electron chi connectivity index (χ0n) is 19.4. The molecule has 0 amide bonds. The molecule has 1 aliphatic heterocycles. The molecule has 34 heavy (non-hydrogen) atoms. The number of rotatable bonds is 7. The van der Waals surface area contributed by atoms with Gasteiger partial charge in [0.2, 0.25) is 0 Å². The Morgan fingerprint density at radius 2 is 1.76 bits per heavy atom. The summed E-state index contributed by atoms with van der Waals surface area (Å²) in [5, 5.41) is 2.57. The van der Waals surface area contributed by atoms with Crippen LogP contribution in [0.15, 0.2) is 47.6 Å². The third kappa shape index (κ3) is 5.04. The molecule has 0 aliphatic carbocycles. The molecule has 1 aromatic carbocycles. The number of piperidine rings is 1. The second kappa shape index (κ2) is 8.84. The molecular weight excluding hydrogens is 478 g/mol. The Balaban J connectivity index is 1.56. The second-order valence-electron chi connectivity index (χ2n) is 9.13. The van der Waals surface area contributed by atoms with Crippen molar-refractivity contribution in [2.75, 3.05) is 37.1 Å². The molecule has 3 heterocycles. The Bertz CT molecular complexity index is 1410. The molecule has 12 heteroatoms. The number of aryl methyl sites for hydroxylation is 1. The van der Waals surface area contributed by atoms with Crippen molar-refractivity contribution in [2.45, 2.75) is 31.6 Å². The van der Waals surface area contributed by atoms with Gasteiger partial charge in [-0.15, -0.1) is 0 Å². The van der Waals surface area contributed by atoms with Gasteiger partial charge in [0.1, 0.15) is 0 Å². The van der Waals surface area contributed by atoms with Crippen molar-refractivity contribution in [3.05, 3.63) is 48.3 Å². The van der Waals surface area contributed by atoms with Gasteiger partial charge >= 0.3 is 0 Å². The maximum atomic E-state index is 13.2. The van der Waals surface area contributed by atoms with E-state index in [0.29, 0.717) is 42.7 Å². The van der Waals surface area contributed by atoms with E-state index in [9.17, 15) is 16.8 Å². The molecule has 3 aromatic rings. The molecule has 1 fully saturated rings. The normalized spacial score (nSPS) is 17.1. The minimum atomic E-state index is -3.83. The SMILES string of the molecule is Cc1ccc(S(=O)(=O)n2ccc3c(NN4CCC(C)(COS(C)(=O)=O)CC4)c(N)cnc32)cc1. The molecular formula is C22H29N5O5S2. The van der Waals surface area contributed by atoms with Gasteiger partial charge in [0.05, 0.1) is 35.3 Å². The first kappa shape index (κ1) is 24.5. The number of nitrogens with two attached hydrogens (primary N) is 1. The van der Waals surface area contributed by atoms with Gasteiger partial charge in [0, 0.05) is 24.7 Å². The van der Waals surface area contributed by atoms with E-state index in [1.807, 2.05) is 18.9 Å². The van der Waals surface area contributed by atoms with Crippen molar-refractivity contribution in [2.24, 2.45) is 5.41 Å². The third-order valence-electron chi connectivity index (χ3n) is 6.15. The Kier molecular flexibility index (Phi) is 6.36. The van der Waals surface area contributed by atoms with Crippen LogP contribution in [0.2, 0.25) is 0 Å². The van der Waals surface area contributed by atoms with E-state index in [2.05, 4.69) is 10.4 Å². The number of benzene rings is 1. The van der Waals surface area contributed by atoms with Crippen molar-refractivity contribution in [1.29, 1.82) is 0 Å². The summed E-state index contributed by atoms with van der Waals surface area (Å²) in [7, 11) is -7.32. The quantitative estimate of drug-likeness (QED) is 0.462. The van der Waals surface area contributed by atoms with Crippen LogP contribution in [0, 0.1) is 12.3 Å². The second-order valence-corrected chi connectivity index (χ2v) is 12.6. The number of nitrogen functional groups attached to an aromatic ring is 1. The molecule has 10 nitrogen and oxygen atoms in total. The first-order valence-electron chi connectivity index (χ1n) is 10.8. The molecule has 3 N–H and O–H groups in total. The smallest absolute Gasteiger partial charge is 0.269 e. The summed E-state index contributed by atoms with van der Waals surface area (Å²) >= 11 is 0. The van der Waals surface area contributed by atoms with Gasteiger partial charge < -0.3 is 11.2 Å². The molecule has 0 radical (unpaired) electrons. The van der Waals surface area contributed by atoms with Crippen LogP contribution in [-0.2, 0) is 24.3 Å². The Labute approximate surface area is 199 Å². The lowest BCUT2D eigenvalue weighted by molar-refractivity contribution is 0.0832. The number of nitrogens with zero attached hydrogens (tertiary/aromatic N) is 3. The van der Waals surface area contributed by atoms with Crippen LogP contribution >= 0.6 is 0 Å². The largest absolute Gasteiger partial charge is 0.396 e. The maximum absolute atomic E-state index is 13.2. The van der Waals surface area contributed by atoms with Gasteiger partial charge in [0.25, 0.3) is 20.1 Å². The van der Waals surface area contributed by atoms with Crippen LogP contribution in [0.25, 0.3) is 11.0 Å². The van der Waals surface area contributed by atoms with E-state index in [1.165, 1.54) is 12.4 Å². The fourth-order valence-electron chi connectivity index (χ4n) is 3.93. The predicted molar refractivity (Wildman–Crippen MR) is 131 cm³/mol. The van der Waals surface area contributed by atoms with Crippen molar-refractivity contribution >= 4 is 42.5 Å². The van der Waals surface area contributed by atoms with Crippen LogP contribution in [0.1, 0.15) is 25.3 Å². The van der Waals surface area contributed by atoms with E-state index in [4.69, 9.17) is 9.92 Å². The first-order valence-corrected chi connectivity index (χ1v) is 14.1. The fraction of sp³-hybridized carbons (Fsp3) is 0.409. The average Bonchev–Trinajstić information content (AvgIpc) is 3.21. The molecule has 1 saturated heterocycles. The summed E-state index contributed by atoms with van der Waals surface area (Å²) in [6.45, 7) is 5.31. The van der Waals surface area contributed by atoms with E-state index in [0.717, 1.165) is 15.8 Å². The number of aromatic nitrogens is 2. The van der Waals surface area contributed by atoms with E-state index in [1.54, 1.807) is 30.3 Å². The van der Waals surface area contributed by atoms with Crippen molar-refractivity contribution in [3.63, 3.8) is 0 Å². The summed E-state index contributed by atoms with van der Waals surface area (Å²) in [6.07, 6.45) is 5.40. The van der Waals surface area contributed by atoms with Crippen molar-refractivity contribution in [3.8, 4) is 0 Å². The Morgan fingerprint density at radius 3 is 2.38 bits per heavy atom. The Morgan fingerprint density at radius 1 is 1.12 bits per heavy atom. The fourth-order valence-corrected chi connectivity index (χ4v) is 5.73. The molecule has 184 valence electrons. The van der Waals surface area contributed by atoms with E-state index < -0.39 is 20.1 Å². The van der Waals surface area contributed by atoms with Crippen molar-refractivity contribution < 1.29 is 21.0 Å². The highest BCUT2D eigenvalue weighted by Crippen LogP contribution is 2.35. The van der Waals surface area contributed by atoms with Gasteiger partial charge in [-0.05, 0) is 43.4 Å². The van der Waals surface area contributed by atoms with Crippen LogP contribution in [-0.4, -0.2) is 56.8 Å². The van der Waals surface area contributed by atoms with Crippen LogP contribution in [0.5, 0.6) is 0 Å². The van der Waals surface area contributed by atoms with Crippen LogP contribution in [0.3, 0.4) is 0 Å². The number of nitrogens with one attached hydrogen (secondary N) is 1. The molecule has 0 atom stereocenters. The standard InChI is InChI=1S/C22H29N5O5S2/c1-16-4-6-17(7-5-16)34(30,31)27-11-8-18-20(19(23)14-24-21(18)27)25-26-12-9-22(2,10-13-26)15-32-33(3,28)29/h4-8,11,14H,9-10,12-13,15,23H2,1-3H3,(H,24,25). The molecule has 4 rings (SSSR count). The number of hydrogen-bond acceptors (Lipinski definition) is 9. The monoisotopic (exact) mass is 507 g/mol. The minimum absolute atomic E-state index is 0.140. The zero-order chi connectivity index (χ0) is 24.7. The molecule has 0 unspecified atom stereocenters. The highest BCUT2D eigenvalue weighted by Gasteiger charge is 2.32. The van der Waals surface area contributed by atoms with Crippen LogP contribution in [0.4, 0.5) is 11.4 Å². The number of hydrazine groups is 1. The Hall–Kier alpha value is -2.67. The lowest BCUT2D eigenvalue weighted by atomic mass is 9.82. The summed E-state index contributed by atoms with van der Waals surface area (Å²) in [5.74, 6) is 0. The summed E-state index contributed by atoms with van der Waals surface area (Å²) < 4.78 is 55.3. The molecule has 1 aliphatic rings. The van der Waals surface area contributed by atoms with Gasteiger partial charge in [-0.1, -0.05) is 24.6 Å². The first-order chi connectivity index (χ1) is 15.9.